The third-order valence-corrected chi connectivity index (χ3v) is 3.34. The molecule has 1 N–H and O–H groups in total. The highest BCUT2D eigenvalue weighted by molar-refractivity contribution is 6.31. The molecule has 2 heterocycles. The Kier molecular flexibility index (Phi) is 2.33. The van der Waals surface area contributed by atoms with Gasteiger partial charge in [-0.2, -0.15) is 0 Å². The minimum Gasteiger partial charge on any atom is -0.365 e. The molecule has 0 spiro atoms. The maximum atomic E-state index is 6.17. The molecule has 82 valence electrons. The molecule has 0 atom stereocenters. The smallest absolute Gasteiger partial charge is 0.0922 e. The first-order valence-corrected chi connectivity index (χ1v) is 5.72. The van der Waals surface area contributed by atoms with Gasteiger partial charge in [0.15, 0.2) is 0 Å². The quantitative estimate of drug-likeness (QED) is 0.865. The van der Waals surface area contributed by atoms with Crippen LogP contribution in [0.2, 0.25) is 5.02 Å². The van der Waals surface area contributed by atoms with E-state index >= 15 is 0 Å². The van der Waals surface area contributed by atoms with E-state index in [4.69, 9.17) is 11.6 Å². The van der Waals surface area contributed by atoms with E-state index in [9.17, 15) is 0 Å². The van der Waals surface area contributed by atoms with E-state index in [1.807, 2.05) is 18.3 Å². The van der Waals surface area contributed by atoms with Crippen LogP contribution in [0.1, 0.15) is 11.3 Å². The van der Waals surface area contributed by atoms with Gasteiger partial charge in [-0.05, 0) is 24.1 Å². The van der Waals surface area contributed by atoms with Crippen molar-refractivity contribution in [3.05, 3.63) is 47.0 Å². The lowest BCUT2D eigenvalue weighted by Crippen LogP contribution is -2.19. The second-order valence-corrected chi connectivity index (χ2v) is 4.39. The number of nitrogens with zero attached hydrogens (tertiary/aromatic N) is 2. The van der Waals surface area contributed by atoms with Crippen LogP contribution in [0.5, 0.6) is 0 Å². The van der Waals surface area contributed by atoms with Crippen LogP contribution in [0.3, 0.4) is 0 Å². The Labute approximate surface area is 99.1 Å². The Balaban J connectivity index is 1.89. The zero-order chi connectivity index (χ0) is 11.0. The third kappa shape index (κ3) is 1.57. The highest BCUT2D eigenvalue weighted by Crippen LogP contribution is 2.33. The minimum atomic E-state index is 0.868. The van der Waals surface area contributed by atoms with Crippen molar-refractivity contribution in [2.45, 2.75) is 13.0 Å². The lowest BCUT2D eigenvalue weighted by molar-refractivity contribution is 0.819. The largest absolute Gasteiger partial charge is 0.365 e. The van der Waals surface area contributed by atoms with Gasteiger partial charge in [-0.25, -0.2) is 4.98 Å². The van der Waals surface area contributed by atoms with Crippen molar-refractivity contribution in [2.24, 2.45) is 0 Å². The fraction of sp³-hybridized carbons (Fsp3) is 0.250. The average molecular weight is 234 g/mol. The van der Waals surface area contributed by atoms with E-state index in [0.29, 0.717) is 0 Å². The number of aromatic nitrogens is 2. The van der Waals surface area contributed by atoms with Gasteiger partial charge in [-0.15, -0.1) is 0 Å². The molecule has 0 fully saturated rings. The predicted molar refractivity (Wildman–Crippen MR) is 64.8 cm³/mol. The molecular formula is C12H12ClN3. The van der Waals surface area contributed by atoms with Crippen LogP contribution in [-0.2, 0) is 13.0 Å². The van der Waals surface area contributed by atoms with Crippen molar-refractivity contribution in [3.63, 3.8) is 0 Å². The fourth-order valence-electron chi connectivity index (χ4n) is 2.20. The number of fused-ring (bicyclic) bond motifs is 1. The Morgan fingerprint density at radius 1 is 1.44 bits per heavy atom. The average Bonchev–Trinajstić information content (AvgIpc) is 2.90. The normalized spacial score (nSPS) is 14.2. The van der Waals surface area contributed by atoms with Crippen LogP contribution in [0.15, 0.2) is 30.7 Å². The summed E-state index contributed by atoms with van der Waals surface area (Å²) in [6.07, 6.45) is 4.61. The maximum Gasteiger partial charge on any atom is 0.0922 e. The molecule has 0 saturated carbocycles. The predicted octanol–water partition coefficient (Wildman–Crippen LogP) is 2.63. The molecule has 1 aliphatic heterocycles. The van der Waals surface area contributed by atoms with Gasteiger partial charge < -0.3 is 9.88 Å². The summed E-state index contributed by atoms with van der Waals surface area (Å²) in [6, 6.07) is 6.09. The van der Waals surface area contributed by atoms with Gasteiger partial charge in [-0.1, -0.05) is 17.7 Å². The van der Waals surface area contributed by atoms with Crippen LogP contribution >= 0.6 is 11.6 Å². The first-order chi connectivity index (χ1) is 7.84. The van der Waals surface area contributed by atoms with Crippen molar-refractivity contribution in [3.8, 4) is 0 Å². The van der Waals surface area contributed by atoms with Gasteiger partial charge in [0, 0.05) is 23.5 Å². The lowest BCUT2D eigenvalue weighted by atomic mass is 10.2. The number of hydrogen-bond acceptors (Lipinski definition) is 2. The lowest BCUT2D eigenvalue weighted by Gasteiger charge is -2.18. The third-order valence-electron chi connectivity index (χ3n) is 2.98. The van der Waals surface area contributed by atoms with Crippen LogP contribution < -0.4 is 4.90 Å². The van der Waals surface area contributed by atoms with Crippen LogP contribution in [0, 0.1) is 0 Å². The van der Waals surface area contributed by atoms with E-state index in [0.717, 1.165) is 30.2 Å². The van der Waals surface area contributed by atoms with Gasteiger partial charge >= 0.3 is 0 Å². The van der Waals surface area contributed by atoms with Crippen molar-refractivity contribution >= 4 is 17.3 Å². The summed E-state index contributed by atoms with van der Waals surface area (Å²) in [5.74, 6) is 0. The summed E-state index contributed by atoms with van der Waals surface area (Å²) in [6.45, 7) is 1.89. The standard InChI is InChI=1S/C12H12ClN3/c13-11-2-1-3-12-10(11)4-5-16(12)7-9-6-14-8-15-9/h1-3,6,8H,4-5,7H2,(H,14,15). The molecule has 0 bridgehead atoms. The number of halogens is 1. The molecule has 0 saturated heterocycles. The van der Waals surface area contributed by atoms with Gasteiger partial charge in [0.25, 0.3) is 0 Å². The number of hydrogen-bond donors (Lipinski definition) is 1. The molecule has 4 heteroatoms. The minimum absolute atomic E-state index is 0.868. The molecule has 3 nitrogen and oxygen atoms in total. The summed E-state index contributed by atoms with van der Waals surface area (Å²) >= 11 is 6.17. The van der Waals surface area contributed by atoms with Crippen LogP contribution in [0.4, 0.5) is 5.69 Å². The number of nitrogens with one attached hydrogen (secondary N) is 1. The summed E-state index contributed by atoms with van der Waals surface area (Å²) < 4.78 is 0. The molecule has 0 unspecified atom stereocenters. The van der Waals surface area contributed by atoms with E-state index in [1.54, 1.807) is 6.33 Å². The van der Waals surface area contributed by atoms with E-state index < -0.39 is 0 Å². The number of rotatable bonds is 2. The molecule has 0 radical (unpaired) electrons. The van der Waals surface area contributed by atoms with Gasteiger partial charge in [0.05, 0.1) is 18.6 Å². The SMILES string of the molecule is Clc1cccc2c1CCN2Cc1cnc[nH]1. The van der Waals surface area contributed by atoms with Gasteiger partial charge in [0.2, 0.25) is 0 Å². The van der Waals surface area contributed by atoms with Crippen LogP contribution in [0.25, 0.3) is 0 Å². The number of anilines is 1. The first-order valence-electron chi connectivity index (χ1n) is 5.34. The topological polar surface area (TPSA) is 31.9 Å². The molecule has 16 heavy (non-hydrogen) atoms. The number of benzene rings is 1. The number of H-pyrrole nitrogens is 1. The van der Waals surface area contributed by atoms with Crippen molar-refractivity contribution < 1.29 is 0 Å². The Bertz CT molecular complexity index is 493. The molecule has 1 aromatic carbocycles. The van der Waals surface area contributed by atoms with Crippen molar-refractivity contribution in [1.82, 2.24) is 9.97 Å². The van der Waals surface area contributed by atoms with E-state index in [1.165, 1.54) is 11.3 Å². The molecule has 0 amide bonds. The fourth-order valence-corrected chi connectivity index (χ4v) is 2.46. The second kappa shape index (κ2) is 3.83. The number of aromatic amines is 1. The zero-order valence-corrected chi connectivity index (χ0v) is 9.54. The summed E-state index contributed by atoms with van der Waals surface area (Å²) in [5.41, 5.74) is 3.65. The Hall–Kier alpha value is -1.48. The monoisotopic (exact) mass is 233 g/mol. The summed E-state index contributed by atoms with van der Waals surface area (Å²) in [7, 11) is 0. The molecular weight excluding hydrogens is 222 g/mol. The molecule has 1 aromatic heterocycles. The van der Waals surface area contributed by atoms with Gasteiger partial charge in [0.1, 0.15) is 0 Å². The molecule has 2 aromatic rings. The second-order valence-electron chi connectivity index (χ2n) is 3.99. The Morgan fingerprint density at radius 2 is 2.38 bits per heavy atom. The van der Waals surface area contributed by atoms with E-state index in [-0.39, 0.29) is 0 Å². The zero-order valence-electron chi connectivity index (χ0n) is 8.78. The highest BCUT2D eigenvalue weighted by Gasteiger charge is 2.21. The molecule has 1 aliphatic rings. The van der Waals surface area contributed by atoms with Crippen molar-refractivity contribution in [2.75, 3.05) is 11.4 Å². The summed E-state index contributed by atoms with van der Waals surface area (Å²) in [5, 5.41) is 0.879. The van der Waals surface area contributed by atoms with Crippen molar-refractivity contribution in [1.29, 1.82) is 0 Å². The van der Waals surface area contributed by atoms with Gasteiger partial charge in [-0.3, -0.25) is 0 Å². The first kappa shape index (κ1) is 9.73. The maximum absolute atomic E-state index is 6.17. The summed E-state index contributed by atoms with van der Waals surface area (Å²) in [4.78, 5) is 9.48. The highest BCUT2D eigenvalue weighted by atomic mass is 35.5. The molecule has 3 rings (SSSR count). The van der Waals surface area contributed by atoms with E-state index in [2.05, 4.69) is 20.9 Å². The van der Waals surface area contributed by atoms with Crippen LogP contribution in [-0.4, -0.2) is 16.5 Å². The Morgan fingerprint density at radius 3 is 3.19 bits per heavy atom. The molecule has 0 aliphatic carbocycles. The number of imidazole rings is 1.